The van der Waals surface area contributed by atoms with Crippen LogP contribution in [0.25, 0.3) is 0 Å². The minimum Gasteiger partial charge on any atom is -0.497 e. The summed E-state index contributed by atoms with van der Waals surface area (Å²) in [7, 11) is 1.60. The van der Waals surface area contributed by atoms with Crippen molar-refractivity contribution in [3.63, 3.8) is 0 Å². The molecule has 0 saturated heterocycles. The number of methoxy groups -OCH3 is 1. The average molecular weight is 255 g/mol. The molecule has 0 radical (unpaired) electrons. The Bertz CT molecular complexity index is 603. The Balaban J connectivity index is 2.15. The summed E-state index contributed by atoms with van der Waals surface area (Å²) >= 11 is 0. The zero-order valence-electron chi connectivity index (χ0n) is 10.4. The maximum atomic E-state index is 10.7. The normalized spacial score (nSPS) is 10.6. The molecule has 4 nitrogen and oxygen atoms in total. The molecule has 2 aromatic carbocycles. The molecule has 0 spiro atoms. The topological polar surface area (TPSA) is 58.9 Å². The van der Waals surface area contributed by atoms with Crippen molar-refractivity contribution < 1.29 is 14.6 Å². The van der Waals surface area contributed by atoms with Crippen molar-refractivity contribution in [1.82, 2.24) is 0 Å². The zero-order valence-corrected chi connectivity index (χ0v) is 10.4. The number of hydrogen-bond acceptors (Lipinski definition) is 3. The quantitative estimate of drug-likeness (QED) is 0.854. The van der Waals surface area contributed by atoms with Crippen LogP contribution < -0.4 is 4.74 Å². The van der Waals surface area contributed by atoms with Gasteiger partial charge in [0, 0.05) is 12.3 Å². The first-order valence-electron chi connectivity index (χ1n) is 5.70. The molecule has 96 valence electrons. The molecule has 0 unspecified atom stereocenters. The van der Waals surface area contributed by atoms with E-state index < -0.39 is 5.97 Å². The Morgan fingerprint density at radius 1 is 1.21 bits per heavy atom. The van der Waals surface area contributed by atoms with Crippen molar-refractivity contribution in [2.45, 2.75) is 0 Å². The number of aromatic carboxylic acids is 1. The summed E-state index contributed by atoms with van der Waals surface area (Å²) in [5, 5.41) is 8.79. The molecule has 0 amide bonds. The summed E-state index contributed by atoms with van der Waals surface area (Å²) in [6, 6.07) is 13.9. The van der Waals surface area contributed by atoms with Gasteiger partial charge in [0.05, 0.1) is 18.4 Å². The lowest BCUT2D eigenvalue weighted by atomic mass is 10.1. The maximum absolute atomic E-state index is 10.7. The fourth-order valence-corrected chi connectivity index (χ4v) is 1.55. The summed E-state index contributed by atoms with van der Waals surface area (Å²) in [5.41, 5.74) is 1.88. The van der Waals surface area contributed by atoms with Gasteiger partial charge in [-0.15, -0.1) is 0 Å². The fourth-order valence-electron chi connectivity index (χ4n) is 1.55. The number of rotatable bonds is 4. The van der Waals surface area contributed by atoms with Crippen LogP contribution in [0.15, 0.2) is 53.5 Å². The SMILES string of the molecule is COc1cccc(N=Cc2ccc(C(=O)O)cc2)c1. The molecule has 0 saturated carbocycles. The highest BCUT2D eigenvalue weighted by Gasteiger charge is 2.00. The van der Waals surface area contributed by atoms with E-state index in [2.05, 4.69) is 4.99 Å². The van der Waals surface area contributed by atoms with E-state index in [1.165, 1.54) is 0 Å². The predicted molar refractivity (Wildman–Crippen MR) is 73.6 cm³/mol. The molecule has 0 fully saturated rings. The molecule has 0 aromatic heterocycles. The van der Waals surface area contributed by atoms with E-state index >= 15 is 0 Å². The lowest BCUT2D eigenvalue weighted by Crippen LogP contribution is -1.95. The molecule has 2 rings (SSSR count). The van der Waals surface area contributed by atoms with Gasteiger partial charge >= 0.3 is 5.97 Å². The van der Waals surface area contributed by atoms with Crippen molar-refractivity contribution in [3.8, 4) is 5.75 Å². The van der Waals surface area contributed by atoms with Gasteiger partial charge in [-0.3, -0.25) is 4.99 Å². The second-order valence-electron chi connectivity index (χ2n) is 3.89. The van der Waals surface area contributed by atoms with Gasteiger partial charge in [0.25, 0.3) is 0 Å². The van der Waals surface area contributed by atoms with Crippen LogP contribution in [0, 0.1) is 0 Å². The highest BCUT2D eigenvalue weighted by atomic mass is 16.5. The number of benzene rings is 2. The number of nitrogens with zero attached hydrogens (tertiary/aromatic N) is 1. The van der Waals surface area contributed by atoms with Gasteiger partial charge < -0.3 is 9.84 Å². The van der Waals surface area contributed by atoms with Crippen LogP contribution in [-0.2, 0) is 0 Å². The Morgan fingerprint density at radius 3 is 2.58 bits per heavy atom. The van der Waals surface area contributed by atoms with Crippen LogP contribution in [0.5, 0.6) is 5.75 Å². The van der Waals surface area contributed by atoms with E-state index in [-0.39, 0.29) is 5.56 Å². The van der Waals surface area contributed by atoms with E-state index in [9.17, 15) is 4.79 Å². The van der Waals surface area contributed by atoms with Gasteiger partial charge in [-0.25, -0.2) is 4.79 Å². The molecule has 2 aromatic rings. The Hall–Kier alpha value is -2.62. The average Bonchev–Trinajstić information content (AvgIpc) is 2.46. The summed E-state index contributed by atoms with van der Waals surface area (Å²) in [5.74, 6) is -0.188. The standard InChI is InChI=1S/C15H13NO3/c1-19-14-4-2-3-13(9-14)16-10-11-5-7-12(8-6-11)15(17)18/h2-10H,1H3,(H,17,18). The van der Waals surface area contributed by atoms with Gasteiger partial charge in [0.1, 0.15) is 5.75 Å². The number of ether oxygens (including phenoxy) is 1. The van der Waals surface area contributed by atoms with Crippen LogP contribution in [0.2, 0.25) is 0 Å². The van der Waals surface area contributed by atoms with E-state index in [1.807, 2.05) is 24.3 Å². The van der Waals surface area contributed by atoms with Crippen LogP contribution in [0.1, 0.15) is 15.9 Å². The van der Waals surface area contributed by atoms with Crippen molar-refractivity contribution in [3.05, 3.63) is 59.7 Å². The molecule has 0 heterocycles. The van der Waals surface area contributed by atoms with Gasteiger partial charge in [-0.2, -0.15) is 0 Å². The molecule has 1 N–H and O–H groups in total. The fraction of sp³-hybridized carbons (Fsp3) is 0.0667. The van der Waals surface area contributed by atoms with Gasteiger partial charge in [-0.1, -0.05) is 18.2 Å². The number of hydrogen-bond donors (Lipinski definition) is 1. The third-order valence-electron chi connectivity index (χ3n) is 2.57. The van der Waals surface area contributed by atoms with E-state index in [1.54, 1.807) is 37.6 Å². The number of aliphatic imine (C=N–C) groups is 1. The molecule has 19 heavy (non-hydrogen) atoms. The molecular formula is C15H13NO3. The van der Waals surface area contributed by atoms with Crippen molar-refractivity contribution in [1.29, 1.82) is 0 Å². The van der Waals surface area contributed by atoms with Crippen molar-refractivity contribution in [2.75, 3.05) is 7.11 Å². The first-order chi connectivity index (χ1) is 9.19. The first-order valence-corrected chi connectivity index (χ1v) is 5.70. The van der Waals surface area contributed by atoms with Gasteiger partial charge in [-0.05, 0) is 29.8 Å². The van der Waals surface area contributed by atoms with Crippen LogP contribution in [0.4, 0.5) is 5.69 Å². The molecular weight excluding hydrogens is 242 g/mol. The summed E-state index contributed by atoms with van der Waals surface area (Å²) in [4.78, 5) is 15.0. The first kappa shape index (κ1) is 12.8. The monoisotopic (exact) mass is 255 g/mol. The smallest absolute Gasteiger partial charge is 0.335 e. The van der Waals surface area contributed by atoms with E-state index in [0.717, 1.165) is 17.0 Å². The number of carboxylic acid groups (broad SMARTS) is 1. The number of carbonyl (C=O) groups is 1. The molecule has 0 aliphatic heterocycles. The van der Waals surface area contributed by atoms with Gasteiger partial charge in [0.2, 0.25) is 0 Å². The summed E-state index contributed by atoms with van der Waals surface area (Å²) in [6.45, 7) is 0. The summed E-state index contributed by atoms with van der Waals surface area (Å²) in [6.07, 6.45) is 1.68. The third kappa shape index (κ3) is 3.42. The highest BCUT2D eigenvalue weighted by Crippen LogP contribution is 2.19. The lowest BCUT2D eigenvalue weighted by molar-refractivity contribution is 0.0697. The number of carboxylic acids is 1. The molecule has 4 heteroatoms. The molecule has 0 aliphatic carbocycles. The van der Waals surface area contributed by atoms with Crippen LogP contribution in [-0.4, -0.2) is 24.4 Å². The van der Waals surface area contributed by atoms with Crippen LogP contribution >= 0.6 is 0 Å². The van der Waals surface area contributed by atoms with Crippen LogP contribution in [0.3, 0.4) is 0 Å². The molecule has 0 bridgehead atoms. The second kappa shape index (κ2) is 5.82. The zero-order chi connectivity index (χ0) is 13.7. The Labute approximate surface area is 111 Å². The second-order valence-corrected chi connectivity index (χ2v) is 3.89. The summed E-state index contributed by atoms with van der Waals surface area (Å²) < 4.78 is 5.11. The highest BCUT2D eigenvalue weighted by molar-refractivity contribution is 5.89. The lowest BCUT2D eigenvalue weighted by Gasteiger charge is -2.00. The predicted octanol–water partition coefficient (Wildman–Crippen LogP) is 3.14. The molecule has 0 aliphatic rings. The van der Waals surface area contributed by atoms with E-state index in [4.69, 9.17) is 9.84 Å². The Morgan fingerprint density at radius 2 is 1.95 bits per heavy atom. The third-order valence-corrected chi connectivity index (χ3v) is 2.57. The molecule has 0 atom stereocenters. The maximum Gasteiger partial charge on any atom is 0.335 e. The van der Waals surface area contributed by atoms with Gasteiger partial charge in [0.15, 0.2) is 0 Å². The minimum absolute atomic E-state index is 0.263. The minimum atomic E-state index is -0.934. The van der Waals surface area contributed by atoms with Crippen molar-refractivity contribution >= 4 is 17.9 Å². The largest absolute Gasteiger partial charge is 0.497 e. The van der Waals surface area contributed by atoms with Crippen molar-refractivity contribution in [2.24, 2.45) is 4.99 Å². The van der Waals surface area contributed by atoms with E-state index in [0.29, 0.717) is 0 Å². The Kier molecular flexibility index (Phi) is 3.93.